The zero-order chi connectivity index (χ0) is 17.1. The van der Waals surface area contributed by atoms with Crippen LogP contribution in [0.15, 0.2) is 42.5 Å². The highest BCUT2D eigenvalue weighted by atomic mass is 16.6. The molecule has 0 atom stereocenters. The third-order valence-corrected chi connectivity index (χ3v) is 3.90. The predicted octanol–water partition coefficient (Wildman–Crippen LogP) is 2.57. The van der Waals surface area contributed by atoms with Gasteiger partial charge in [-0.05, 0) is 24.1 Å². The lowest BCUT2D eigenvalue weighted by molar-refractivity contribution is -0.385. The van der Waals surface area contributed by atoms with E-state index in [1.165, 1.54) is 25.3 Å². The van der Waals surface area contributed by atoms with Crippen LogP contribution in [-0.4, -0.2) is 31.1 Å². The molecule has 24 heavy (non-hydrogen) atoms. The quantitative estimate of drug-likeness (QED) is 0.622. The van der Waals surface area contributed by atoms with Crippen molar-refractivity contribution in [1.29, 1.82) is 0 Å². The van der Waals surface area contributed by atoms with Crippen LogP contribution in [0.1, 0.15) is 5.56 Å². The van der Waals surface area contributed by atoms with E-state index >= 15 is 0 Å². The van der Waals surface area contributed by atoms with Crippen LogP contribution in [0.3, 0.4) is 0 Å². The number of fused-ring (bicyclic) bond motifs is 1. The molecular weight excluding hydrogens is 312 g/mol. The van der Waals surface area contributed by atoms with Gasteiger partial charge in [-0.1, -0.05) is 18.2 Å². The van der Waals surface area contributed by atoms with Crippen LogP contribution in [0.5, 0.6) is 11.5 Å². The monoisotopic (exact) mass is 328 g/mol. The Kier molecular flexibility index (Phi) is 4.33. The summed E-state index contributed by atoms with van der Waals surface area (Å²) in [5.74, 6) is 0.284. The van der Waals surface area contributed by atoms with Gasteiger partial charge in [-0.15, -0.1) is 0 Å². The van der Waals surface area contributed by atoms with E-state index in [0.29, 0.717) is 12.3 Å². The standard InChI is InChI=1S/C17H16N2O5/c1-23-16-10-13(6-7-15(16)19(21)22)24-11-17(20)18-9-8-12-4-2-3-5-14(12)18/h2-7,10H,8-9,11H2,1H3. The second-order valence-electron chi connectivity index (χ2n) is 5.30. The van der Waals surface area contributed by atoms with Crippen LogP contribution in [0.25, 0.3) is 0 Å². The molecule has 124 valence electrons. The maximum absolute atomic E-state index is 12.4. The first-order valence-corrected chi connectivity index (χ1v) is 7.43. The summed E-state index contributed by atoms with van der Waals surface area (Å²) in [7, 11) is 1.35. The molecule has 2 aromatic carbocycles. The van der Waals surface area contributed by atoms with Crippen molar-refractivity contribution in [2.24, 2.45) is 0 Å². The number of hydrogen-bond donors (Lipinski definition) is 0. The first-order valence-electron chi connectivity index (χ1n) is 7.43. The van der Waals surface area contributed by atoms with E-state index in [2.05, 4.69) is 0 Å². The maximum Gasteiger partial charge on any atom is 0.311 e. The number of benzene rings is 2. The molecule has 0 unspecified atom stereocenters. The van der Waals surface area contributed by atoms with Crippen molar-refractivity contribution in [3.63, 3.8) is 0 Å². The van der Waals surface area contributed by atoms with E-state index in [0.717, 1.165) is 17.7 Å². The molecule has 0 spiro atoms. The van der Waals surface area contributed by atoms with Gasteiger partial charge < -0.3 is 14.4 Å². The number of methoxy groups -OCH3 is 1. The summed E-state index contributed by atoms with van der Waals surface area (Å²) in [6.45, 7) is 0.487. The van der Waals surface area contributed by atoms with Gasteiger partial charge in [0, 0.05) is 24.4 Å². The molecule has 0 radical (unpaired) electrons. The van der Waals surface area contributed by atoms with Crippen LogP contribution in [-0.2, 0) is 11.2 Å². The largest absolute Gasteiger partial charge is 0.490 e. The van der Waals surface area contributed by atoms with Crippen molar-refractivity contribution in [3.8, 4) is 11.5 Å². The number of rotatable bonds is 5. The fourth-order valence-corrected chi connectivity index (χ4v) is 2.72. The average Bonchev–Trinajstić information content (AvgIpc) is 3.03. The molecule has 7 heteroatoms. The van der Waals surface area contributed by atoms with Crippen molar-refractivity contribution in [2.75, 3.05) is 25.2 Å². The van der Waals surface area contributed by atoms with Crippen LogP contribution < -0.4 is 14.4 Å². The van der Waals surface area contributed by atoms with Gasteiger partial charge in [0.1, 0.15) is 5.75 Å². The summed E-state index contributed by atoms with van der Waals surface area (Å²) in [6.07, 6.45) is 0.827. The molecule has 0 aliphatic carbocycles. The Hall–Kier alpha value is -3.09. The third kappa shape index (κ3) is 3.01. The molecule has 1 heterocycles. The molecule has 7 nitrogen and oxygen atoms in total. The Morgan fingerprint density at radius 2 is 2.08 bits per heavy atom. The smallest absolute Gasteiger partial charge is 0.311 e. The van der Waals surface area contributed by atoms with E-state index in [4.69, 9.17) is 9.47 Å². The molecule has 1 amide bonds. The van der Waals surface area contributed by atoms with Crippen LogP contribution in [0.4, 0.5) is 11.4 Å². The number of para-hydroxylation sites is 1. The zero-order valence-electron chi connectivity index (χ0n) is 13.1. The number of carbonyl (C=O) groups excluding carboxylic acids is 1. The number of hydrogen-bond acceptors (Lipinski definition) is 5. The van der Waals surface area contributed by atoms with Crippen molar-refractivity contribution < 1.29 is 19.2 Å². The van der Waals surface area contributed by atoms with Crippen molar-refractivity contribution in [3.05, 3.63) is 58.1 Å². The Bertz CT molecular complexity index is 790. The highest BCUT2D eigenvalue weighted by molar-refractivity contribution is 5.96. The number of nitrogens with zero attached hydrogens (tertiary/aromatic N) is 2. The fourth-order valence-electron chi connectivity index (χ4n) is 2.72. The van der Waals surface area contributed by atoms with E-state index in [9.17, 15) is 14.9 Å². The SMILES string of the molecule is COc1cc(OCC(=O)N2CCc3ccccc32)ccc1[N+](=O)[O-]. The third-order valence-electron chi connectivity index (χ3n) is 3.90. The summed E-state index contributed by atoms with van der Waals surface area (Å²) in [4.78, 5) is 24.4. The summed E-state index contributed by atoms with van der Waals surface area (Å²) in [5.41, 5.74) is 1.90. The molecular formula is C17H16N2O5. The molecule has 1 aliphatic heterocycles. The van der Waals surface area contributed by atoms with Gasteiger partial charge in [-0.2, -0.15) is 0 Å². The predicted molar refractivity (Wildman–Crippen MR) is 87.6 cm³/mol. The normalized spacial score (nSPS) is 12.6. The minimum atomic E-state index is -0.533. The summed E-state index contributed by atoms with van der Waals surface area (Å²) >= 11 is 0. The van der Waals surface area contributed by atoms with Gasteiger partial charge in [0.2, 0.25) is 5.75 Å². The van der Waals surface area contributed by atoms with Crippen LogP contribution >= 0.6 is 0 Å². The molecule has 0 saturated heterocycles. The van der Waals surface area contributed by atoms with E-state index in [-0.39, 0.29) is 24.0 Å². The molecule has 0 fully saturated rings. The summed E-state index contributed by atoms with van der Waals surface area (Å²) in [5, 5.41) is 10.9. The number of amides is 1. The average molecular weight is 328 g/mol. The molecule has 0 N–H and O–H groups in total. The van der Waals surface area contributed by atoms with Gasteiger partial charge in [-0.25, -0.2) is 0 Å². The molecule has 0 aromatic heterocycles. The fraction of sp³-hybridized carbons (Fsp3) is 0.235. The minimum Gasteiger partial charge on any atom is -0.490 e. The van der Waals surface area contributed by atoms with E-state index < -0.39 is 4.92 Å². The van der Waals surface area contributed by atoms with Crippen LogP contribution in [0.2, 0.25) is 0 Å². The highest BCUT2D eigenvalue weighted by Gasteiger charge is 2.24. The van der Waals surface area contributed by atoms with Gasteiger partial charge in [0.15, 0.2) is 6.61 Å². The minimum absolute atomic E-state index is 0.0940. The summed E-state index contributed by atoms with van der Waals surface area (Å²) < 4.78 is 10.5. The molecule has 0 bridgehead atoms. The van der Waals surface area contributed by atoms with Gasteiger partial charge in [-0.3, -0.25) is 14.9 Å². The molecule has 3 rings (SSSR count). The lowest BCUT2D eigenvalue weighted by atomic mass is 10.2. The van der Waals surface area contributed by atoms with Crippen molar-refractivity contribution in [1.82, 2.24) is 0 Å². The Morgan fingerprint density at radius 1 is 1.29 bits per heavy atom. The summed E-state index contributed by atoms with van der Waals surface area (Å²) in [6, 6.07) is 11.9. The highest BCUT2D eigenvalue weighted by Crippen LogP contribution is 2.31. The Balaban J connectivity index is 1.68. The van der Waals surface area contributed by atoms with Crippen molar-refractivity contribution >= 4 is 17.3 Å². The number of nitro benzene ring substituents is 1. The molecule has 2 aromatic rings. The first kappa shape index (κ1) is 15.8. The first-order chi connectivity index (χ1) is 11.6. The topological polar surface area (TPSA) is 81.9 Å². The second kappa shape index (κ2) is 6.57. The number of carbonyl (C=O) groups is 1. The van der Waals surface area contributed by atoms with Crippen LogP contribution in [0, 0.1) is 10.1 Å². The van der Waals surface area contributed by atoms with E-state index in [1.54, 1.807) is 4.90 Å². The van der Waals surface area contributed by atoms with Gasteiger partial charge >= 0.3 is 5.69 Å². The number of ether oxygens (including phenoxy) is 2. The second-order valence-corrected chi connectivity index (χ2v) is 5.30. The zero-order valence-corrected chi connectivity index (χ0v) is 13.1. The van der Waals surface area contributed by atoms with E-state index in [1.807, 2.05) is 24.3 Å². The van der Waals surface area contributed by atoms with Gasteiger partial charge in [0.05, 0.1) is 12.0 Å². The Labute approximate surface area is 138 Å². The maximum atomic E-state index is 12.4. The number of nitro groups is 1. The Morgan fingerprint density at radius 3 is 2.83 bits per heavy atom. The number of anilines is 1. The molecule has 1 aliphatic rings. The lowest BCUT2D eigenvalue weighted by Crippen LogP contribution is -2.33. The van der Waals surface area contributed by atoms with Crippen molar-refractivity contribution in [2.45, 2.75) is 6.42 Å². The molecule has 0 saturated carbocycles. The van der Waals surface area contributed by atoms with Gasteiger partial charge in [0.25, 0.3) is 5.91 Å². The lowest BCUT2D eigenvalue weighted by Gasteiger charge is -2.17.